The Balaban J connectivity index is 2.91. The van der Waals surface area contributed by atoms with Crippen LogP contribution in [0, 0.1) is 11.7 Å². The highest BCUT2D eigenvalue weighted by Crippen LogP contribution is 2.16. The van der Waals surface area contributed by atoms with E-state index in [2.05, 4.69) is 4.98 Å². The standard InChI is InChI=1S/C11H14ClFN2O/c1-7(2)6-15(3)11(16)9-4-8(13)5-14-10(9)12/h4-5,7H,6H2,1-3H3. The molecule has 0 unspecified atom stereocenters. The summed E-state index contributed by atoms with van der Waals surface area (Å²) in [5.41, 5.74) is 0.102. The minimum atomic E-state index is -0.564. The van der Waals surface area contributed by atoms with Crippen LogP contribution in [0.1, 0.15) is 24.2 Å². The van der Waals surface area contributed by atoms with E-state index in [4.69, 9.17) is 11.6 Å². The fourth-order valence-corrected chi connectivity index (χ4v) is 1.59. The van der Waals surface area contributed by atoms with Crippen molar-refractivity contribution in [3.63, 3.8) is 0 Å². The van der Waals surface area contributed by atoms with Gasteiger partial charge in [0.1, 0.15) is 11.0 Å². The zero-order chi connectivity index (χ0) is 12.3. The van der Waals surface area contributed by atoms with E-state index in [1.807, 2.05) is 13.8 Å². The maximum absolute atomic E-state index is 12.9. The van der Waals surface area contributed by atoms with E-state index >= 15 is 0 Å². The van der Waals surface area contributed by atoms with E-state index in [9.17, 15) is 9.18 Å². The molecule has 0 spiro atoms. The molecule has 1 aromatic rings. The molecule has 0 aliphatic carbocycles. The van der Waals surface area contributed by atoms with Gasteiger partial charge in [-0.2, -0.15) is 0 Å². The van der Waals surface area contributed by atoms with Crippen LogP contribution in [0.15, 0.2) is 12.3 Å². The number of halogens is 2. The van der Waals surface area contributed by atoms with Crippen molar-refractivity contribution in [3.05, 3.63) is 28.8 Å². The van der Waals surface area contributed by atoms with Crippen LogP contribution in [0.25, 0.3) is 0 Å². The zero-order valence-corrected chi connectivity index (χ0v) is 10.3. The lowest BCUT2D eigenvalue weighted by atomic mass is 10.2. The fourth-order valence-electron chi connectivity index (χ4n) is 1.41. The van der Waals surface area contributed by atoms with Gasteiger partial charge in [-0.3, -0.25) is 4.79 Å². The lowest BCUT2D eigenvalue weighted by Gasteiger charge is -2.19. The van der Waals surface area contributed by atoms with Gasteiger partial charge in [-0.05, 0) is 12.0 Å². The quantitative estimate of drug-likeness (QED) is 0.766. The summed E-state index contributed by atoms with van der Waals surface area (Å²) in [7, 11) is 1.66. The van der Waals surface area contributed by atoms with Crippen LogP contribution < -0.4 is 0 Å². The largest absolute Gasteiger partial charge is 0.341 e. The molecule has 88 valence electrons. The third-order valence-electron chi connectivity index (χ3n) is 2.02. The number of carbonyl (C=O) groups excluding carboxylic acids is 1. The van der Waals surface area contributed by atoms with Gasteiger partial charge in [-0.25, -0.2) is 9.37 Å². The summed E-state index contributed by atoms with van der Waals surface area (Å²) in [6.45, 7) is 4.58. The Kier molecular flexibility index (Phi) is 4.24. The van der Waals surface area contributed by atoms with Crippen molar-refractivity contribution in [1.29, 1.82) is 0 Å². The number of carbonyl (C=O) groups is 1. The average molecular weight is 245 g/mol. The summed E-state index contributed by atoms with van der Waals surface area (Å²) in [4.78, 5) is 17.0. The van der Waals surface area contributed by atoms with Crippen LogP contribution in [-0.2, 0) is 0 Å². The molecule has 0 bridgehead atoms. The number of aromatic nitrogens is 1. The summed E-state index contributed by atoms with van der Waals surface area (Å²) in [5, 5.41) is 0.0296. The first kappa shape index (κ1) is 12.9. The van der Waals surface area contributed by atoms with Gasteiger partial charge in [0.25, 0.3) is 5.91 Å². The normalized spacial score (nSPS) is 10.6. The lowest BCUT2D eigenvalue weighted by molar-refractivity contribution is 0.0778. The second kappa shape index (κ2) is 5.25. The molecule has 0 fully saturated rings. The molecular weight excluding hydrogens is 231 g/mol. The van der Waals surface area contributed by atoms with Gasteiger partial charge in [0.15, 0.2) is 0 Å². The maximum atomic E-state index is 12.9. The smallest absolute Gasteiger partial charge is 0.256 e. The molecule has 1 amide bonds. The van der Waals surface area contributed by atoms with Crippen molar-refractivity contribution in [2.75, 3.05) is 13.6 Å². The Bertz CT molecular complexity index is 396. The fraction of sp³-hybridized carbons (Fsp3) is 0.455. The number of rotatable bonds is 3. The average Bonchev–Trinajstić information content (AvgIpc) is 2.19. The molecule has 3 nitrogen and oxygen atoms in total. The number of hydrogen-bond donors (Lipinski definition) is 0. The lowest BCUT2D eigenvalue weighted by Crippen LogP contribution is -2.30. The summed E-state index contributed by atoms with van der Waals surface area (Å²) in [6, 6.07) is 1.11. The highest BCUT2D eigenvalue weighted by Gasteiger charge is 2.17. The SMILES string of the molecule is CC(C)CN(C)C(=O)c1cc(F)cnc1Cl. The number of nitrogens with zero attached hydrogens (tertiary/aromatic N) is 2. The number of amides is 1. The van der Waals surface area contributed by atoms with Crippen molar-refractivity contribution < 1.29 is 9.18 Å². The Labute approximate surface area is 99.2 Å². The van der Waals surface area contributed by atoms with Crippen LogP contribution in [0.2, 0.25) is 5.15 Å². The first-order chi connectivity index (χ1) is 7.41. The Morgan fingerprint density at radius 1 is 1.62 bits per heavy atom. The third-order valence-corrected chi connectivity index (χ3v) is 2.32. The van der Waals surface area contributed by atoms with E-state index in [0.29, 0.717) is 12.5 Å². The van der Waals surface area contributed by atoms with Crippen LogP contribution in [0.3, 0.4) is 0 Å². The molecule has 0 saturated carbocycles. The Morgan fingerprint density at radius 3 is 2.81 bits per heavy atom. The second-order valence-electron chi connectivity index (χ2n) is 4.07. The molecule has 0 aromatic carbocycles. The first-order valence-corrected chi connectivity index (χ1v) is 5.36. The van der Waals surface area contributed by atoms with Crippen LogP contribution in [0.4, 0.5) is 4.39 Å². The molecule has 5 heteroatoms. The molecule has 1 heterocycles. The van der Waals surface area contributed by atoms with E-state index in [1.165, 1.54) is 4.90 Å². The number of hydrogen-bond acceptors (Lipinski definition) is 2. The topological polar surface area (TPSA) is 33.2 Å². The van der Waals surface area contributed by atoms with Gasteiger partial charge in [-0.15, -0.1) is 0 Å². The Hall–Kier alpha value is -1.16. The molecule has 0 N–H and O–H groups in total. The Morgan fingerprint density at radius 2 is 2.25 bits per heavy atom. The number of pyridine rings is 1. The molecule has 0 aliphatic rings. The first-order valence-electron chi connectivity index (χ1n) is 4.98. The summed E-state index contributed by atoms with van der Waals surface area (Å²) in [6.07, 6.45) is 0.988. The maximum Gasteiger partial charge on any atom is 0.256 e. The van der Waals surface area contributed by atoms with Gasteiger partial charge >= 0.3 is 0 Å². The highest BCUT2D eigenvalue weighted by atomic mass is 35.5. The van der Waals surface area contributed by atoms with Crippen LogP contribution in [-0.4, -0.2) is 29.4 Å². The van der Waals surface area contributed by atoms with Gasteiger partial charge < -0.3 is 4.90 Å². The van der Waals surface area contributed by atoms with Crippen LogP contribution in [0.5, 0.6) is 0 Å². The summed E-state index contributed by atoms with van der Waals surface area (Å²) in [5.74, 6) is -0.536. The van der Waals surface area contributed by atoms with Crippen molar-refractivity contribution in [3.8, 4) is 0 Å². The zero-order valence-electron chi connectivity index (χ0n) is 9.50. The third kappa shape index (κ3) is 3.17. The molecule has 0 atom stereocenters. The van der Waals surface area contributed by atoms with Gasteiger partial charge in [0.05, 0.1) is 11.8 Å². The molecule has 1 rings (SSSR count). The molecule has 1 aromatic heterocycles. The molecule has 0 saturated heterocycles. The van der Waals surface area contributed by atoms with Crippen molar-refractivity contribution >= 4 is 17.5 Å². The summed E-state index contributed by atoms with van der Waals surface area (Å²) < 4.78 is 12.9. The minimum absolute atomic E-state index is 0.0296. The van der Waals surface area contributed by atoms with Gasteiger partial charge in [0.2, 0.25) is 0 Å². The predicted molar refractivity (Wildman–Crippen MR) is 61.0 cm³/mol. The minimum Gasteiger partial charge on any atom is -0.341 e. The van der Waals surface area contributed by atoms with Crippen LogP contribution >= 0.6 is 11.6 Å². The summed E-state index contributed by atoms with van der Waals surface area (Å²) >= 11 is 5.75. The van der Waals surface area contributed by atoms with Crippen molar-refractivity contribution in [2.24, 2.45) is 5.92 Å². The van der Waals surface area contributed by atoms with Crippen molar-refractivity contribution in [2.45, 2.75) is 13.8 Å². The van der Waals surface area contributed by atoms with E-state index in [1.54, 1.807) is 7.05 Å². The second-order valence-corrected chi connectivity index (χ2v) is 4.43. The van der Waals surface area contributed by atoms with Gasteiger partial charge in [-0.1, -0.05) is 25.4 Å². The molecule has 0 radical (unpaired) electrons. The molecule has 16 heavy (non-hydrogen) atoms. The predicted octanol–water partition coefficient (Wildman–Crippen LogP) is 2.60. The van der Waals surface area contributed by atoms with E-state index in [0.717, 1.165) is 12.3 Å². The molecular formula is C11H14ClFN2O. The van der Waals surface area contributed by atoms with Gasteiger partial charge in [0, 0.05) is 13.6 Å². The van der Waals surface area contributed by atoms with Crippen molar-refractivity contribution in [1.82, 2.24) is 9.88 Å². The van der Waals surface area contributed by atoms with E-state index < -0.39 is 5.82 Å². The monoisotopic (exact) mass is 244 g/mol. The highest BCUT2D eigenvalue weighted by molar-refractivity contribution is 6.32. The van der Waals surface area contributed by atoms with E-state index in [-0.39, 0.29) is 16.6 Å². The molecule has 0 aliphatic heterocycles.